The minimum Gasteiger partial charge on any atom is -0.464 e. The number of hydrogen-bond acceptors (Lipinski definition) is 10. The van der Waals surface area contributed by atoms with E-state index in [-0.39, 0.29) is 39.6 Å². The van der Waals surface area contributed by atoms with Gasteiger partial charge >= 0.3 is 0 Å². The average Bonchev–Trinajstić information content (AvgIpc) is 3.40. The van der Waals surface area contributed by atoms with Crippen molar-refractivity contribution in [1.29, 1.82) is 0 Å². The van der Waals surface area contributed by atoms with Gasteiger partial charge in [-0.25, -0.2) is 23.7 Å². The number of nitrogens with two attached hydrogens (primary N) is 1. The molecule has 4 rings (SSSR count). The minimum absolute atomic E-state index is 0.0130. The number of halogens is 2. The van der Waals surface area contributed by atoms with Crippen molar-refractivity contribution in [2.24, 2.45) is 16.6 Å². The van der Waals surface area contributed by atoms with Crippen LogP contribution in [-0.2, 0) is 10.3 Å². The Morgan fingerprint density at radius 1 is 1.31 bits per heavy atom. The SMILES string of the molecule is COC[C@@]1(C)SC(N)=N[C@](C)(c2cc(NC(=O)c3ncc(O[C@@H](C)c4ncco4)nc3C)cc(F)c2F)[C@@H]1C. The summed E-state index contributed by atoms with van der Waals surface area (Å²) in [6, 6.07) is 2.27. The van der Waals surface area contributed by atoms with Crippen LogP contribution in [-0.4, -0.2) is 44.5 Å². The number of amidine groups is 1. The summed E-state index contributed by atoms with van der Waals surface area (Å²) in [7, 11) is 1.56. The maximum atomic E-state index is 15.2. The first-order valence-corrected chi connectivity index (χ1v) is 12.9. The van der Waals surface area contributed by atoms with E-state index in [9.17, 15) is 9.18 Å². The van der Waals surface area contributed by atoms with Crippen molar-refractivity contribution in [2.75, 3.05) is 19.0 Å². The fourth-order valence-electron chi connectivity index (χ4n) is 4.63. The number of benzene rings is 1. The number of aliphatic imine (C=N–C) groups is 1. The lowest BCUT2D eigenvalue weighted by Gasteiger charge is -2.47. The van der Waals surface area contributed by atoms with Crippen LogP contribution in [0, 0.1) is 24.5 Å². The molecule has 0 aliphatic carbocycles. The first-order valence-electron chi connectivity index (χ1n) is 12.1. The minimum atomic E-state index is -1.23. The van der Waals surface area contributed by atoms with Crippen molar-refractivity contribution in [1.82, 2.24) is 15.0 Å². The zero-order valence-electron chi connectivity index (χ0n) is 22.4. The van der Waals surface area contributed by atoms with E-state index < -0.39 is 33.9 Å². The second-order valence-electron chi connectivity index (χ2n) is 9.71. The van der Waals surface area contributed by atoms with Crippen LogP contribution in [0.3, 0.4) is 0 Å². The van der Waals surface area contributed by atoms with Gasteiger partial charge in [-0.05, 0) is 33.8 Å². The lowest BCUT2D eigenvalue weighted by atomic mass is 9.74. The quantitative estimate of drug-likeness (QED) is 0.399. The third-order valence-electron chi connectivity index (χ3n) is 6.94. The Bertz CT molecular complexity index is 1410. The van der Waals surface area contributed by atoms with Crippen LogP contribution in [0.4, 0.5) is 14.5 Å². The summed E-state index contributed by atoms with van der Waals surface area (Å²) in [4.78, 5) is 30.1. The Labute approximate surface area is 228 Å². The number of amides is 1. The molecular weight excluding hydrogens is 530 g/mol. The van der Waals surface area contributed by atoms with Crippen molar-refractivity contribution in [3.8, 4) is 5.88 Å². The van der Waals surface area contributed by atoms with Gasteiger partial charge in [0.15, 0.2) is 22.9 Å². The molecule has 3 N–H and O–H groups in total. The second kappa shape index (κ2) is 10.9. The summed E-state index contributed by atoms with van der Waals surface area (Å²) in [6.45, 7) is 9.14. The van der Waals surface area contributed by atoms with E-state index in [0.717, 1.165) is 6.07 Å². The highest BCUT2D eigenvalue weighted by Gasteiger charge is 2.50. The Hall–Kier alpha value is -3.58. The third kappa shape index (κ3) is 5.59. The molecule has 0 fully saturated rings. The molecule has 1 aromatic carbocycles. The second-order valence-corrected chi connectivity index (χ2v) is 11.3. The van der Waals surface area contributed by atoms with Gasteiger partial charge in [0.2, 0.25) is 11.8 Å². The molecule has 4 atom stereocenters. The van der Waals surface area contributed by atoms with Crippen molar-refractivity contribution >= 4 is 28.5 Å². The number of thioether (sulfide) groups is 1. The van der Waals surface area contributed by atoms with E-state index >= 15 is 4.39 Å². The number of oxazole rings is 1. The van der Waals surface area contributed by atoms with E-state index in [4.69, 9.17) is 19.6 Å². The molecule has 2 aromatic heterocycles. The maximum absolute atomic E-state index is 15.2. The van der Waals surface area contributed by atoms with Crippen LogP contribution in [0.15, 0.2) is 40.2 Å². The van der Waals surface area contributed by atoms with E-state index in [1.807, 2.05) is 13.8 Å². The average molecular weight is 561 g/mol. The normalized spacial score (nSPS) is 23.7. The van der Waals surface area contributed by atoms with E-state index in [1.165, 1.54) is 36.5 Å². The highest BCUT2D eigenvalue weighted by atomic mass is 32.2. The van der Waals surface area contributed by atoms with Gasteiger partial charge in [0.25, 0.3) is 5.91 Å². The van der Waals surface area contributed by atoms with Crippen LogP contribution < -0.4 is 15.8 Å². The van der Waals surface area contributed by atoms with Crippen molar-refractivity contribution in [3.63, 3.8) is 0 Å². The molecule has 1 aliphatic rings. The summed E-state index contributed by atoms with van der Waals surface area (Å²) in [5, 5.41) is 2.83. The molecule has 3 aromatic rings. The van der Waals surface area contributed by atoms with Crippen LogP contribution in [0.5, 0.6) is 5.88 Å². The number of hydrogen-bond donors (Lipinski definition) is 2. The fraction of sp³-hybridized carbons (Fsp3) is 0.423. The summed E-state index contributed by atoms with van der Waals surface area (Å²) >= 11 is 1.33. The van der Waals surface area contributed by atoms with Crippen LogP contribution in [0.1, 0.15) is 61.4 Å². The predicted molar refractivity (Wildman–Crippen MR) is 143 cm³/mol. The number of carbonyl (C=O) groups excluding carboxylic acids is 1. The van der Waals surface area contributed by atoms with E-state index in [0.29, 0.717) is 12.5 Å². The summed E-state index contributed by atoms with van der Waals surface area (Å²) in [5.74, 6) is -2.66. The summed E-state index contributed by atoms with van der Waals surface area (Å²) < 4.78 is 45.8. The number of ether oxygens (including phenoxy) is 2. The smallest absolute Gasteiger partial charge is 0.276 e. The molecule has 1 amide bonds. The van der Waals surface area contributed by atoms with Gasteiger partial charge in [0.05, 0.1) is 30.2 Å². The number of nitrogens with one attached hydrogen (secondary N) is 1. The molecule has 208 valence electrons. The number of rotatable bonds is 8. The molecule has 3 heterocycles. The van der Waals surface area contributed by atoms with Gasteiger partial charge in [0.1, 0.15) is 12.0 Å². The molecule has 0 spiro atoms. The third-order valence-corrected chi connectivity index (χ3v) is 8.18. The molecule has 0 saturated carbocycles. The molecule has 0 unspecified atom stereocenters. The first kappa shape index (κ1) is 28.4. The predicted octanol–water partition coefficient (Wildman–Crippen LogP) is 4.76. The monoisotopic (exact) mass is 560 g/mol. The van der Waals surface area contributed by atoms with E-state index in [1.54, 1.807) is 27.9 Å². The molecule has 10 nitrogen and oxygen atoms in total. The standard InChI is InChI=1S/C26H30F2N6O4S/c1-13-21(31-11-19(32-13)38-14(2)23-30-7-8-37-23)22(35)33-16-9-17(20(28)18(27)10-16)26(5)15(3)25(4,12-36-6)39-24(29)34-26/h7-11,14-15H,12H2,1-6H3,(H2,29,34)(H,33,35)/t14-,15+,25+,26-/m0/s1. The molecule has 0 bridgehead atoms. The van der Waals surface area contributed by atoms with Gasteiger partial charge in [-0.2, -0.15) is 0 Å². The van der Waals surface area contributed by atoms with Gasteiger partial charge < -0.3 is 24.9 Å². The molecule has 1 aliphatic heterocycles. The Morgan fingerprint density at radius 2 is 2.05 bits per heavy atom. The van der Waals surface area contributed by atoms with E-state index in [2.05, 4.69) is 25.3 Å². The zero-order valence-corrected chi connectivity index (χ0v) is 23.2. The molecule has 0 radical (unpaired) electrons. The first-order chi connectivity index (χ1) is 18.4. The number of nitrogens with zero attached hydrogens (tertiary/aromatic N) is 4. The fourth-order valence-corrected chi connectivity index (χ4v) is 5.93. The number of aromatic nitrogens is 3. The van der Waals surface area contributed by atoms with Crippen molar-refractivity contribution in [3.05, 3.63) is 65.3 Å². The summed E-state index contributed by atoms with van der Waals surface area (Å²) in [6.07, 6.45) is 3.68. The molecular formula is C26H30F2N6O4S. The van der Waals surface area contributed by atoms with Crippen LogP contribution >= 0.6 is 11.8 Å². The topological polar surface area (TPSA) is 138 Å². The Balaban J connectivity index is 1.60. The molecule has 39 heavy (non-hydrogen) atoms. The van der Waals surface area contributed by atoms with Gasteiger partial charge in [-0.1, -0.05) is 18.7 Å². The van der Waals surface area contributed by atoms with Crippen LogP contribution in [0.25, 0.3) is 0 Å². The summed E-state index contributed by atoms with van der Waals surface area (Å²) in [5.41, 5.74) is 5.13. The number of methoxy groups -OCH3 is 1. The van der Waals surface area contributed by atoms with Crippen LogP contribution in [0.2, 0.25) is 0 Å². The Kier molecular flexibility index (Phi) is 7.94. The number of anilines is 1. The lowest BCUT2D eigenvalue weighted by molar-refractivity contribution is 0.102. The maximum Gasteiger partial charge on any atom is 0.276 e. The molecule has 13 heteroatoms. The highest BCUT2D eigenvalue weighted by Crippen LogP contribution is 2.50. The zero-order chi connectivity index (χ0) is 28.5. The largest absolute Gasteiger partial charge is 0.464 e. The van der Waals surface area contributed by atoms with Crippen molar-refractivity contribution < 1.29 is 27.5 Å². The van der Waals surface area contributed by atoms with Gasteiger partial charge in [0, 0.05) is 35.1 Å². The van der Waals surface area contributed by atoms with Crippen molar-refractivity contribution in [2.45, 2.75) is 51.0 Å². The lowest BCUT2D eigenvalue weighted by Crippen LogP contribution is -2.50. The molecule has 0 saturated heterocycles. The number of carbonyl (C=O) groups is 1. The van der Waals surface area contributed by atoms with Gasteiger partial charge in [-0.3, -0.25) is 9.79 Å². The highest BCUT2D eigenvalue weighted by molar-refractivity contribution is 8.15. The number of aryl methyl sites for hydroxylation is 1. The Morgan fingerprint density at radius 3 is 2.69 bits per heavy atom. The van der Waals surface area contributed by atoms with Gasteiger partial charge in [-0.15, -0.1) is 0 Å².